The molecule has 1 aromatic carbocycles. The number of amides is 5. The van der Waals surface area contributed by atoms with Crippen molar-refractivity contribution < 1.29 is 46.7 Å². The number of nitrogens with one attached hydrogen (secondary N) is 1. The van der Waals surface area contributed by atoms with Crippen LogP contribution < -0.4 is 4.72 Å². The van der Waals surface area contributed by atoms with Crippen molar-refractivity contribution in [1.82, 2.24) is 39.3 Å². The molecule has 5 amide bonds. The van der Waals surface area contributed by atoms with Crippen LogP contribution in [0.2, 0.25) is 0 Å². The minimum absolute atomic E-state index is 0. The van der Waals surface area contributed by atoms with Crippen molar-refractivity contribution in [2.75, 3.05) is 52.8 Å². The van der Waals surface area contributed by atoms with Crippen molar-refractivity contribution in [3.63, 3.8) is 0 Å². The minimum atomic E-state index is -4.11. The van der Waals surface area contributed by atoms with Crippen molar-refractivity contribution >= 4 is 45.3 Å². The number of rotatable bonds is 26. The highest BCUT2D eigenvalue weighted by Gasteiger charge is 2.42. The molecule has 0 unspecified atom stereocenters. The fourth-order valence-corrected chi connectivity index (χ4v) is 11.0. The number of aromatic nitrogens is 3. The molecule has 8 atom stereocenters. The first-order valence-electron chi connectivity index (χ1n) is 24.9. The van der Waals surface area contributed by atoms with Gasteiger partial charge in [-0.2, -0.15) is 0 Å². The van der Waals surface area contributed by atoms with E-state index in [1.807, 2.05) is 69.9 Å². The van der Waals surface area contributed by atoms with Gasteiger partial charge in [0.15, 0.2) is 0 Å². The SMILES string of the molecule is C.C=C1C=CC(=O)N1Cc1cn(CCCS(=O)(=O)NC(=O)[C@@H](CC(=O)[C@H](C)[C@@H](C)[C@@H]2CCCN2C(=O)C[C@@H](OC)[C@H]([C@@H](C)CC)N(C)C(=O)[C@@H](CC(=O)N2CCOCC2)C(C)C)Cc2ccccc2)nn1. The molecular formula is C52H80N8O10S. The molecule has 4 heterocycles. The van der Waals surface area contributed by atoms with Crippen LogP contribution in [0.25, 0.3) is 0 Å². The zero-order chi connectivity index (χ0) is 51.3. The Kier molecular flexibility index (Phi) is 22.1. The Morgan fingerprint density at radius 3 is 2.28 bits per heavy atom. The highest BCUT2D eigenvalue weighted by molar-refractivity contribution is 7.90. The summed E-state index contributed by atoms with van der Waals surface area (Å²) >= 11 is 0. The number of sulfonamides is 1. The lowest BCUT2D eigenvalue weighted by Gasteiger charge is -2.41. The number of Topliss-reactive ketones (excluding diaryl/α,β-unsaturated/α-hetero) is 1. The lowest BCUT2D eigenvalue weighted by molar-refractivity contribution is -0.150. The van der Waals surface area contributed by atoms with Crippen LogP contribution in [0.1, 0.15) is 105 Å². The summed E-state index contributed by atoms with van der Waals surface area (Å²) in [7, 11) is -0.814. The number of aryl methyl sites for hydroxylation is 1. The molecule has 2 aromatic rings. The molecule has 18 nitrogen and oxygen atoms in total. The van der Waals surface area contributed by atoms with Gasteiger partial charge in [-0.25, -0.2) is 8.42 Å². The fourth-order valence-electron chi connectivity index (χ4n) is 9.93. The van der Waals surface area contributed by atoms with Gasteiger partial charge in [0.25, 0.3) is 5.91 Å². The zero-order valence-electron chi connectivity index (χ0n) is 42.5. The number of benzene rings is 1. The quantitative estimate of drug-likeness (QED) is 0.131. The second kappa shape index (κ2) is 27.0. The molecule has 0 bridgehead atoms. The lowest BCUT2D eigenvalue weighted by Crippen LogP contribution is -2.53. The van der Waals surface area contributed by atoms with E-state index in [4.69, 9.17) is 9.47 Å². The van der Waals surface area contributed by atoms with Crippen LogP contribution in [0.5, 0.6) is 0 Å². The maximum absolute atomic E-state index is 14.4. The summed E-state index contributed by atoms with van der Waals surface area (Å²) in [6.45, 7) is 18.4. The molecule has 0 radical (unpaired) electrons. The Morgan fingerprint density at radius 1 is 0.972 bits per heavy atom. The van der Waals surface area contributed by atoms with Crippen LogP contribution in [0, 0.1) is 35.5 Å². The first-order chi connectivity index (χ1) is 33.2. The molecule has 2 fully saturated rings. The first-order valence-corrected chi connectivity index (χ1v) is 26.5. The van der Waals surface area contributed by atoms with Gasteiger partial charge in [-0.3, -0.25) is 38.2 Å². The second-order valence-corrected chi connectivity index (χ2v) is 21.6. The molecule has 3 aliphatic heterocycles. The van der Waals surface area contributed by atoms with Crippen LogP contribution in [0.15, 0.2) is 61.0 Å². The summed E-state index contributed by atoms with van der Waals surface area (Å²) < 4.78 is 41.8. The summed E-state index contributed by atoms with van der Waals surface area (Å²) in [6, 6.07) is 8.40. The van der Waals surface area contributed by atoms with Crippen LogP contribution in [-0.4, -0.2) is 149 Å². The van der Waals surface area contributed by atoms with E-state index in [2.05, 4.69) is 21.6 Å². The third-order valence-electron chi connectivity index (χ3n) is 14.6. The zero-order valence-corrected chi connectivity index (χ0v) is 43.3. The van der Waals surface area contributed by atoms with E-state index in [-0.39, 0.29) is 112 Å². The van der Waals surface area contributed by atoms with Gasteiger partial charge in [-0.05, 0) is 55.1 Å². The smallest absolute Gasteiger partial charge is 0.251 e. The third kappa shape index (κ3) is 15.9. The summed E-state index contributed by atoms with van der Waals surface area (Å²) in [5, 5.41) is 8.13. The van der Waals surface area contributed by atoms with Crippen molar-refractivity contribution in [2.45, 2.75) is 132 Å². The number of carbonyl (C=O) groups is 6. The molecule has 71 heavy (non-hydrogen) atoms. The third-order valence-corrected chi connectivity index (χ3v) is 16.0. The van der Waals surface area contributed by atoms with Gasteiger partial charge in [0.2, 0.25) is 33.7 Å². The molecule has 3 aliphatic rings. The van der Waals surface area contributed by atoms with Crippen LogP contribution >= 0.6 is 0 Å². The lowest BCUT2D eigenvalue weighted by atomic mass is 9.81. The number of morpholine rings is 1. The predicted octanol–water partition coefficient (Wildman–Crippen LogP) is 5.04. The number of hydrogen-bond donors (Lipinski definition) is 1. The van der Waals surface area contributed by atoms with E-state index >= 15 is 0 Å². The van der Waals surface area contributed by atoms with Crippen LogP contribution in [0.4, 0.5) is 0 Å². The van der Waals surface area contributed by atoms with Crippen LogP contribution in [-0.2, 0) is 67.8 Å². The molecule has 19 heteroatoms. The van der Waals surface area contributed by atoms with Gasteiger partial charge < -0.3 is 29.1 Å². The molecule has 0 spiro atoms. The molecular weight excluding hydrogens is 929 g/mol. The molecule has 0 saturated carbocycles. The Balaban J connectivity index is 0.0000110. The minimum Gasteiger partial charge on any atom is -0.379 e. The van der Waals surface area contributed by atoms with Gasteiger partial charge in [0, 0.05) is 88.7 Å². The Hall–Kier alpha value is -5.27. The topological polar surface area (TPSA) is 211 Å². The van der Waals surface area contributed by atoms with Crippen LogP contribution in [0.3, 0.4) is 0 Å². The van der Waals surface area contributed by atoms with E-state index in [0.29, 0.717) is 50.7 Å². The van der Waals surface area contributed by atoms with Gasteiger partial charge in [-0.15, -0.1) is 5.10 Å². The van der Waals surface area contributed by atoms with Gasteiger partial charge in [0.1, 0.15) is 11.5 Å². The maximum atomic E-state index is 14.4. The largest absolute Gasteiger partial charge is 0.379 e. The number of ketones is 1. The first kappa shape index (κ1) is 58.3. The standard InChI is InChI=1S/C51H76N8O10S.CH4/c1-10-35(4)49(55(8)51(65)42(34(2)3)30-47(62)56-23-25-69-26-24-56)45(68-9)31-48(63)58-22-14-18-43(58)37(6)38(7)44(60)29-40(28-39-16-12-11-13-17-39)50(64)53-70(66,67)27-15-21-57-32-41(52-54-57)33-59-36(5)19-20-46(59)61;/h11-13,16-17,19-20,32,34-35,37-38,40,42-43,45,49H,5,10,14-15,18,21-31,33H2,1-4,6-9H3,(H,53,64);1H4/t35-,37+,38+,40+,42-,43-,45+,49-;/m0./s1. The normalized spacial score (nSPS) is 19.2. The molecule has 394 valence electrons. The summed E-state index contributed by atoms with van der Waals surface area (Å²) in [5.41, 5.74) is 1.82. The van der Waals surface area contributed by atoms with Gasteiger partial charge >= 0.3 is 0 Å². The Morgan fingerprint density at radius 2 is 1.66 bits per heavy atom. The van der Waals surface area contributed by atoms with E-state index in [0.717, 1.165) is 18.4 Å². The average molecular weight is 1010 g/mol. The van der Waals surface area contributed by atoms with Crippen molar-refractivity contribution in [3.8, 4) is 0 Å². The number of likely N-dealkylation sites (N-methyl/N-ethyl adjacent to an activating group) is 1. The highest BCUT2D eigenvalue weighted by atomic mass is 32.2. The monoisotopic (exact) mass is 1010 g/mol. The summed E-state index contributed by atoms with van der Waals surface area (Å²) in [6.07, 6.45) is 6.29. The number of methoxy groups -OCH3 is 1. The number of allylic oxidation sites excluding steroid dienone is 1. The van der Waals surface area contributed by atoms with E-state index in [1.165, 1.54) is 15.7 Å². The Bertz CT molecular complexity index is 2260. The number of likely N-dealkylation sites (tertiary alicyclic amines) is 1. The summed E-state index contributed by atoms with van der Waals surface area (Å²) in [4.78, 5) is 88.9. The number of nitrogens with zero attached hydrogens (tertiary/aromatic N) is 7. The Labute approximate surface area is 421 Å². The number of carbonyl (C=O) groups excluding carboxylic acids is 6. The van der Waals surface area contributed by atoms with E-state index < -0.39 is 45.8 Å². The van der Waals surface area contributed by atoms with Crippen molar-refractivity contribution in [1.29, 1.82) is 0 Å². The number of hydrogen-bond acceptors (Lipinski definition) is 12. The molecule has 2 saturated heterocycles. The van der Waals surface area contributed by atoms with Crippen molar-refractivity contribution in [3.05, 3.63) is 72.2 Å². The molecule has 1 aromatic heterocycles. The van der Waals surface area contributed by atoms with Crippen molar-refractivity contribution in [2.24, 2.45) is 35.5 Å². The highest BCUT2D eigenvalue weighted by Crippen LogP contribution is 2.33. The molecule has 1 N–H and O–H groups in total. The van der Waals surface area contributed by atoms with Gasteiger partial charge in [0.05, 0.1) is 50.3 Å². The van der Waals surface area contributed by atoms with E-state index in [1.54, 1.807) is 43.2 Å². The second-order valence-electron chi connectivity index (χ2n) is 19.7. The van der Waals surface area contributed by atoms with Gasteiger partial charge in [-0.1, -0.05) is 97.5 Å². The fraction of sp³-hybridized carbons (Fsp3) is 0.654. The van der Waals surface area contributed by atoms with E-state index in [9.17, 15) is 37.2 Å². The molecule has 5 rings (SSSR count). The predicted molar refractivity (Wildman–Crippen MR) is 270 cm³/mol. The maximum Gasteiger partial charge on any atom is 0.251 e. The average Bonchev–Trinajstić information content (AvgIpc) is 4.10. The molecule has 0 aliphatic carbocycles. The summed E-state index contributed by atoms with van der Waals surface area (Å²) in [5.74, 6) is -4.51. The number of ether oxygens (including phenoxy) is 2.